The summed E-state index contributed by atoms with van der Waals surface area (Å²) in [5.74, 6) is 0.0130. The largest absolute Gasteiger partial charge is 0.296 e. The van der Waals surface area contributed by atoms with Crippen LogP contribution in [-0.2, 0) is 16.4 Å². The average molecular weight is 351 g/mol. The van der Waals surface area contributed by atoms with Gasteiger partial charge in [0.05, 0.1) is 5.75 Å². The van der Waals surface area contributed by atoms with Gasteiger partial charge in [-0.1, -0.05) is 0 Å². The molecular weight excluding hydrogens is 335 g/mol. The fraction of sp³-hybridized carbons (Fsp3) is 0.583. The van der Waals surface area contributed by atoms with Crippen molar-refractivity contribution in [2.24, 2.45) is 5.92 Å². The van der Waals surface area contributed by atoms with Gasteiger partial charge in [-0.15, -0.1) is 0 Å². The van der Waals surface area contributed by atoms with Crippen LogP contribution in [0.2, 0.25) is 0 Å². The standard InChI is InChI=1S/C12H16BrFN2O2S/c1-8-10(7-19(2,17)18)6-16(8)5-9-3-11(14)12(13)15-4-9/h3-4,8,10H,5-7H2,1-2H3/t8-,10+/m0/s1. The summed E-state index contributed by atoms with van der Waals surface area (Å²) in [6.45, 7) is 3.33. The molecule has 2 atom stereocenters. The first-order valence-corrected chi connectivity index (χ1v) is 8.83. The Morgan fingerprint density at radius 3 is 2.79 bits per heavy atom. The zero-order valence-corrected chi connectivity index (χ0v) is 13.2. The number of sulfone groups is 1. The third kappa shape index (κ3) is 3.73. The number of likely N-dealkylation sites (tertiary alicyclic amines) is 1. The quantitative estimate of drug-likeness (QED) is 0.777. The molecule has 1 aromatic rings. The molecule has 0 spiro atoms. The lowest BCUT2D eigenvalue weighted by atomic mass is 9.91. The van der Waals surface area contributed by atoms with Crippen molar-refractivity contribution in [3.05, 3.63) is 28.2 Å². The maximum absolute atomic E-state index is 13.3. The Balaban J connectivity index is 1.94. The summed E-state index contributed by atoms with van der Waals surface area (Å²) in [5.41, 5.74) is 0.797. The summed E-state index contributed by atoms with van der Waals surface area (Å²) >= 11 is 3.01. The number of nitrogens with zero attached hydrogens (tertiary/aromatic N) is 2. The van der Waals surface area contributed by atoms with Crippen LogP contribution in [-0.4, -0.2) is 42.9 Å². The monoisotopic (exact) mass is 350 g/mol. The van der Waals surface area contributed by atoms with E-state index in [-0.39, 0.29) is 28.1 Å². The predicted molar refractivity (Wildman–Crippen MR) is 75.0 cm³/mol. The Morgan fingerprint density at radius 2 is 2.26 bits per heavy atom. The van der Waals surface area contributed by atoms with Gasteiger partial charge in [-0.25, -0.2) is 17.8 Å². The minimum atomic E-state index is -2.93. The fourth-order valence-electron chi connectivity index (χ4n) is 2.35. The topological polar surface area (TPSA) is 50.3 Å². The second kappa shape index (κ2) is 5.46. The Bertz CT molecular complexity index is 579. The van der Waals surface area contributed by atoms with Gasteiger partial charge < -0.3 is 0 Å². The van der Waals surface area contributed by atoms with Gasteiger partial charge in [0.25, 0.3) is 0 Å². The van der Waals surface area contributed by atoms with E-state index in [0.717, 1.165) is 12.1 Å². The molecule has 4 nitrogen and oxygen atoms in total. The number of hydrogen-bond donors (Lipinski definition) is 0. The van der Waals surface area contributed by atoms with Crippen molar-refractivity contribution < 1.29 is 12.8 Å². The Kier molecular flexibility index (Phi) is 4.27. The minimum Gasteiger partial charge on any atom is -0.296 e. The molecule has 0 amide bonds. The van der Waals surface area contributed by atoms with Gasteiger partial charge in [-0.05, 0) is 34.5 Å². The van der Waals surface area contributed by atoms with E-state index in [0.29, 0.717) is 6.54 Å². The van der Waals surface area contributed by atoms with Gasteiger partial charge in [0.15, 0.2) is 5.82 Å². The van der Waals surface area contributed by atoms with Crippen LogP contribution in [0.15, 0.2) is 16.9 Å². The molecule has 0 radical (unpaired) electrons. The van der Waals surface area contributed by atoms with E-state index < -0.39 is 9.84 Å². The lowest BCUT2D eigenvalue weighted by Gasteiger charge is -2.46. The molecule has 0 saturated carbocycles. The molecule has 2 rings (SSSR count). The zero-order chi connectivity index (χ0) is 14.2. The van der Waals surface area contributed by atoms with Gasteiger partial charge >= 0.3 is 0 Å². The normalized spacial score (nSPS) is 24.2. The lowest BCUT2D eigenvalue weighted by molar-refractivity contribution is 0.0323. The second-order valence-electron chi connectivity index (χ2n) is 5.14. The first-order chi connectivity index (χ1) is 8.76. The highest BCUT2D eigenvalue weighted by Gasteiger charge is 2.37. The molecule has 1 aliphatic heterocycles. The van der Waals surface area contributed by atoms with Gasteiger partial charge in [0, 0.05) is 37.5 Å². The van der Waals surface area contributed by atoms with Crippen LogP contribution in [0, 0.1) is 11.7 Å². The van der Waals surface area contributed by atoms with Crippen LogP contribution in [0.1, 0.15) is 12.5 Å². The first kappa shape index (κ1) is 14.9. The van der Waals surface area contributed by atoms with Crippen LogP contribution in [0.4, 0.5) is 4.39 Å². The molecule has 0 aliphatic carbocycles. The van der Waals surface area contributed by atoms with Crippen molar-refractivity contribution in [1.82, 2.24) is 9.88 Å². The van der Waals surface area contributed by atoms with Crippen molar-refractivity contribution in [3.63, 3.8) is 0 Å². The molecule has 1 fully saturated rings. The number of halogens is 2. The van der Waals surface area contributed by atoms with Crippen molar-refractivity contribution in [2.45, 2.75) is 19.5 Å². The van der Waals surface area contributed by atoms with Gasteiger partial charge in [-0.2, -0.15) is 0 Å². The van der Waals surface area contributed by atoms with E-state index in [9.17, 15) is 12.8 Å². The molecule has 1 aliphatic rings. The van der Waals surface area contributed by atoms with Gasteiger partial charge in [0.2, 0.25) is 0 Å². The number of aromatic nitrogens is 1. The Hall–Kier alpha value is -0.530. The maximum atomic E-state index is 13.3. The second-order valence-corrected chi connectivity index (χ2v) is 8.07. The van der Waals surface area contributed by atoms with Crippen LogP contribution in [0.3, 0.4) is 0 Å². The van der Waals surface area contributed by atoms with Crippen LogP contribution >= 0.6 is 15.9 Å². The Labute approximate surface area is 121 Å². The van der Waals surface area contributed by atoms with Gasteiger partial charge in [0.1, 0.15) is 14.4 Å². The van der Waals surface area contributed by atoms with Crippen molar-refractivity contribution in [2.75, 3.05) is 18.6 Å². The van der Waals surface area contributed by atoms with Crippen molar-refractivity contribution in [1.29, 1.82) is 0 Å². The molecular formula is C12H16BrFN2O2S. The van der Waals surface area contributed by atoms with E-state index in [1.165, 1.54) is 12.3 Å². The molecule has 0 N–H and O–H groups in total. The molecule has 0 bridgehead atoms. The van der Waals surface area contributed by atoms with E-state index in [1.54, 1.807) is 6.20 Å². The molecule has 0 unspecified atom stereocenters. The highest BCUT2D eigenvalue weighted by Crippen LogP contribution is 2.28. The number of rotatable bonds is 4. The molecule has 1 aromatic heterocycles. The summed E-state index contributed by atoms with van der Waals surface area (Å²) < 4.78 is 36.0. The van der Waals surface area contributed by atoms with Crippen molar-refractivity contribution in [3.8, 4) is 0 Å². The minimum absolute atomic E-state index is 0.170. The number of hydrogen-bond acceptors (Lipinski definition) is 4. The molecule has 2 heterocycles. The van der Waals surface area contributed by atoms with E-state index in [1.807, 2.05) is 6.92 Å². The smallest absolute Gasteiger partial charge is 0.156 e. The third-order valence-electron chi connectivity index (χ3n) is 3.48. The van der Waals surface area contributed by atoms with E-state index in [4.69, 9.17) is 0 Å². The molecule has 106 valence electrons. The average Bonchev–Trinajstić information content (AvgIpc) is 2.30. The van der Waals surface area contributed by atoms with Gasteiger partial charge in [-0.3, -0.25) is 4.90 Å². The lowest BCUT2D eigenvalue weighted by Crippen LogP contribution is -2.56. The third-order valence-corrected chi connectivity index (χ3v) is 5.10. The summed E-state index contributed by atoms with van der Waals surface area (Å²) in [4.78, 5) is 6.04. The summed E-state index contributed by atoms with van der Waals surface area (Å²) in [6.07, 6.45) is 2.89. The van der Waals surface area contributed by atoms with Crippen molar-refractivity contribution >= 4 is 25.8 Å². The van der Waals surface area contributed by atoms with Crippen LogP contribution < -0.4 is 0 Å². The fourth-order valence-corrected chi connectivity index (χ4v) is 3.73. The summed E-state index contributed by atoms with van der Waals surface area (Å²) in [6, 6.07) is 1.65. The molecule has 0 aromatic carbocycles. The maximum Gasteiger partial charge on any atom is 0.156 e. The van der Waals surface area contributed by atoms with E-state index in [2.05, 4.69) is 25.8 Å². The summed E-state index contributed by atoms with van der Waals surface area (Å²) in [5, 5.41) is 0. The molecule has 1 saturated heterocycles. The SMILES string of the molecule is C[C@H]1[C@@H](CS(C)(=O)=O)CN1Cc1cnc(Br)c(F)c1. The van der Waals surface area contributed by atoms with Crippen LogP contribution in [0.25, 0.3) is 0 Å². The van der Waals surface area contributed by atoms with E-state index >= 15 is 0 Å². The molecule has 19 heavy (non-hydrogen) atoms. The highest BCUT2D eigenvalue weighted by molar-refractivity contribution is 9.10. The zero-order valence-electron chi connectivity index (χ0n) is 10.8. The first-order valence-electron chi connectivity index (χ1n) is 5.98. The Morgan fingerprint density at radius 1 is 1.58 bits per heavy atom. The number of pyridine rings is 1. The summed E-state index contributed by atoms with van der Waals surface area (Å²) in [7, 11) is -2.93. The highest BCUT2D eigenvalue weighted by atomic mass is 79.9. The predicted octanol–water partition coefficient (Wildman–Crippen LogP) is 1.85. The van der Waals surface area contributed by atoms with Crippen LogP contribution in [0.5, 0.6) is 0 Å². The molecule has 7 heteroatoms.